The zero-order chi connectivity index (χ0) is 11.7. The normalized spacial score (nSPS) is 16.4. The number of rotatable bonds is 1. The molecule has 2 N–H and O–H groups in total. The number of nitrogen functional groups attached to an aromatic ring is 1. The number of hydroxylamine groups is 1. The van der Waals surface area contributed by atoms with E-state index in [1.165, 1.54) is 0 Å². The lowest BCUT2D eigenvalue weighted by Gasteiger charge is -2.26. The molecule has 0 saturated carbocycles. The average Bonchev–Trinajstić information content (AvgIpc) is 2.39. The number of hydrogen-bond donors (Lipinski definition) is 1. The van der Waals surface area contributed by atoms with Crippen molar-refractivity contribution in [3.8, 4) is 0 Å². The predicted molar refractivity (Wildman–Crippen MR) is 68.7 cm³/mol. The predicted octanol–water partition coefficient (Wildman–Crippen LogP) is 2.35. The van der Waals surface area contributed by atoms with Crippen LogP contribution in [0.15, 0.2) is 30.3 Å². The fourth-order valence-electron chi connectivity index (χ4n) is 2.05. The molecule has 0 atom stereocenters. The molecule has 0 amide bonds. The molecule has 4 nitrogen and oxygen atoms in total. The van der Waals surface area contributed by atoms with Gasteiger partial charge in [0, 0.05) is 17.6 Å². The van der Waals surface area contributed by atoms with Crippen LogP contribution in [0.1, 0.15) is 12.8 Å². The summed E-state index contributed by atoms with van der Waals surface area (Å²) >= 11 is 0. The Morgan fingerprint density at radius 2 is 2.12 bits per heavy atom. The lowest BCUT2D eigenvalue weighted by Crippen LogP contribution is -2.30. The molecule has 1 aliphatic heterocycles. The third kappa shape index (κ3) is 2.03. The van der Waals surface area contributed by atoms with Crippen LogP contribution in [-0.4, -0.2) is 18.1 Å². The zero-order valence-corrected chi connectivity index (χ0v) is 9.60. The van der Waals surface area contributed by atoms with Crippen LogP contribution in [0.3, 0.4) is 0 Å². The molecule has 2 aromatic rings. The molecule has 2 heterocycles. The Kier molecular flexibility index (Phi) is 2.57. The highest BCUT2D eigenvalue weighted by Crippen LogP contribution is 2.22. The van der Waals surface area contributed by atoms with Crippen LogP contribution in [0.25, 0.3) is 10.9 Å². The molecule has 1 saturated heterocycles. The highest BCUT2D eigenvalue weighted by atomic mass is 16.7. The van der Waals surface area contributed by atoms with E-state index in [1.54, 1.807) is 0 Å². The number of aromatic nitrogens is 1. The minimum atomic E-state index is 0.765. The summed E-state index contributed by atoms with van der Waals surface area (Å²) in [7, 11) is 0. The van der Waals surface area contributed by atoms with Crippen LogP contribution in [0.4, 0.5) is 11.5 Å². The second-order valence-corrected chi connectivity index (χ2v) is 4.26. The van der Waals surface area contributed by atoms with Crippen molar-refractivity contribution in [2.75, 3.05) is 23.9 Å². The van der Waals surface area contributed by atoms with Gasteiger partial charge in [0.1, 0.15) is 0 Å². The Hall–Kier alpha value is -1.81. The number of nitrogens with zero attached hydrogens (tertiary/aromatic N) is 2. The first kappa shape index (κ1) is 10.4. The van der Waals surface area contributed by atoms with Gasteiger partial charge in [-0.2, -0.15) is 0 Å². The van der Waals surface area contributed by atoms with Crippen LogP contribution in [0, 0.1) is 0 Å². The number of nitrogens with two attached hydrogens (primary N) is 1. The summed E-state index contributed by atoms with van der Waals surface area (Å²) in [5.41, 5.74) is 7.46. The largest absolute Gasteiger partial charge is 0.399 e. The maximum Gasteiger partial charge on any atom is 0.153 e. The van der Waals surface area contributed by atoms with Crippen LogP contribution >= 0.6 is 0 Å². The fraction of sp³-hybridized carbons (Fsp3) is 0.308. The summed E-state index contributed by atoms with van der Waals surface area (Å²) in [4.78, 5) is 10.2. The first-order chi connectivity index (χ1) is 8.33. The number of fused-ring (bicyclic) bond motifs is 1. The molecule has 3 rings (SSSR count). The van der Waals surface area contributed by atoms with Crippen molar-refractivity contribution in [1.29, 1.82) is 0 Å². The van der Waals surface area contributed by atoms with Crippen molar-refractivity contribution >= 4 is 22.4 Å². The molecule has 0 radical (unpaired) electrons. The van der Waals surface area contributed by atoms with E-state index in [1.807, 2.05) is 35.4 Å². The van der Waals surface area contributed by atoms with Crippen LogP contribution < -0.4 is 10.8 Å². The topological polar surface area (TPSA) is 51.4 Å². The highest BCUT2D eigenvalue weighted by Gasteiger charge is 2.13. The minimum Gasteiger partial charge on any atom is -0.399 e. The van der Waals surface area contributed by atoms with Gasteiger partial charge < -0.3 is 5.73 Å². The third-order valence-electron chi connectivity index (χ3n) is 2.96. The van der Waals surface area contributed by atoms with Crippen molar-refractivity contribution in [2.45, 2.75) is 12.8 Å². The second-order valence-electron chi connectivity index (χ2n) is 4.26. The van der Waals surface area contributed by atoms with Crippen LogP contribution in [-0.2, 0) is 4.84 Å². The van der Waals surface area contributed by atoms with Crippen LogP contribution in [0.5, 0.6) is 0 Å². The fourth-order valence-corrected chi connectivity index (χ4v) is 2.05. The van der Waals surface area contributed by atoms with Crippen molar-refractivity contribution in [3.05, 3.63) is 30.3 Å². The lowest BCUT2D eigenvalue weighted by molar-refractivity contribution is 0.0763. The van der Waals surface area contributed by atoms with Gasteiger partial charge in [-0.3, -0.25) is 4.84 Å². The molecule has 4 heteroatoms. The van der Waals surface area contributed by atoms with E-state index in [9.17, 15) is 0 Å². The maximum absolute atomic E-state index is 5.74. The number of benzene rings is 1. The third-order valence-corrected chi connectivity index (χ3v) is 2.96. The molecule has 0 unspecified atom stereocenters. The molecule has 17 heavy (non-hydrogen) atoms. The SMILES string of the molecule is Nc1ccc2nc(N3CCCCO3)ccc2c1. The summed E-state index contributed by atoms with van der Waals surface area (Å²) in [6.07, 6.45) is 2.28. The Morgan fingerprint density at radius 3 is 2.94 bits per heavy atom. The monoisotopic (exact) mass is 229 g/mol. The Labute approximate surface area is 100.0 Å². The van der Waals surface area contributed by atoms with Gasteiger partial charge in [-0.1, -0.05) is 0 Å². The van der Waals surface area contributed by atoms with E-state index < -0.39 is 0 Å². The molecule has 1 fully saturated rings. The first-order valence-electron chi connectivity index (χ1n) is 5.90. The maximum atomic E-state index is 5.74. The van der Waals surface area contributed by atoms with Gasteiger partial charge in [0.15, 0.2) is 5.82 Å². The van der Waals surface area contributed by atoms with E-state index >= 15 is 0 Å². The number of anilines is 2. The molecule has 0 bridgehead atoms. The number of hydrogen-bond acceptors (Lipinski definition) is 4. The zero-order valence-electron chi connectivity index (χ0n) is 9.60. The Morgan fingerprint density at radius 1 is 1.18 bits per heavy atom. The van der Waals surface area contributed by atoms with Crippen molar-refractivity contribution < 1.29 is 4.84 Å². The van der Waals surface area contributed by atoms with Gasteiger partial charge >= 0.3 is 0 Å². The van der Waals surface area contributed by atoms with E-state index in [4.69, 9.17) is 10.6 Å². The van der Waals surface area contributed by atoms with E-state index in [0.29, 0.717) is 0 Å². The highest BCUT2D eigenvalue weighted by molar-refractivity contribution is 5.83. The van der Waals surface area contributed by atoms with Gasteiger partial charge in [-0.15, -0.1) is 0 Å². The summed E-state index contributed by atoms with van der Waals surface area (Å²) in [5, 5.41) is 2.94. The lowest BCUT2D eigenvalue weighted by atomic mass is 10.2. The Bertz CT molecular complexity index is 535. The molecule has 88 valence electrons. The molecular weight excluding hydrogens is 214 g/mol. The van der Waals surface area contributed by atoms with E-state index in [-0.39, 0.29) is 0 Å². The van der Waals surface area contributed by atoms with Crippen LogP contribution in [0.2, 0.25) is 0 Å². The molecule has 1 aliphatic rings. The van der Waals surface area contributed by atoms with E-state index in [2.05, 4.69) is 4.98 Å². The van der Waals surface area contributed by atoms with Crippen molar-refractivity contribution in [2.24, 2.45) is 0 Å². The number of pyridine rings is 1. The van der Waals surface area contributed by atoms with Crippen molar-refractivity contribution in [1.82, 2.24) is 4.98 Å². The Balaban J connectivity index is 1.98. The van der Waals surface area contributed by atoms with E-state index in [0.717, 1.165) is 48.4 Å². The molecule has 0 spiro atoms. The quantitative estimate of drug-likeness (QED) is 0.763. The summed E-state index contributed by atoms with van der Waals surface area (Å²) < 4.78 is 0. The summed E-state index contributed by atoms with van der Waals surface area (Å²) in [6, 6.07) is 9.76. The standard InChI is InChI=1S/C13H15N3O/c14-11-4-5-12-10(9-11)3-6-13(15-12)16-7-1-2-8-17-16/h3-6,9H,1-2,7-8,14H2. The van der Waals surface area contributed by atoms with Gasteiger partial charge in [0.2, 0.25) is 0 Å². The smallest absolute Gasteiger partial charge is 0.153 e. The molecule has 1 aromatic carbocycles. The van der Waals surface area contributed by atoms with Gasteiger partial charge in [0.05, 0.1) is 12.1 Å². The molecule has 1 aromatic heterocycles. The van der Waals surface area contributed by atoms with Gasteiger partial charge in [0.25, 0.3) is 0 Å². The summed E-state index contributed by atoms with van der Waals surface area (Å²) in [6.45, 7) is 1.69. The van der Waals surface area contributed by atoms with Gasteiger partial charge in [-0.25, -0.2) is 10.0 Å². The summed E-state index contributed by atoms with van der Waals surface area (Å²) in [5.74, 6) is 0.877. The molecule has 0 aliphatic carbocycles. The molecular formula is C13H15N3O. The first-order valence-corrected chi connectivity index (χ1v) is 5.90. The minimum absolute atomic E-state index is 0.765. The second kappa shape index (κ2) is 4.22. The van der Waals surface area contributed by atoms with Crippen molar-refractivity contribution in [3.63, 3.8) is 0 Å². The average molecular weight is 229 g/mol. The van der Waals surface area contributed by atoms with Gasteiger partial charge in [-0.05, 0) is 43.2 Å².